The van der Waals surface area contributed by atoms with Gasteiger partial charge >= 0.3 is 5.97 Å². The van der Waals surface area contributed by atoms with Crippen LogP contribution in [0.5, 0.6) is 23.0 Å². The first-order valence-corrected chi connectivity index (χ1v) is 16.4. The molecule has 0 fully saturated rings. The molecular weight excluding hydrogens is 691 g/mol. The largest absolute Gasteiger partial charge is 0.493 e. The molecule has 0 saturated heterocycles. The van der Waals surface area contributed by atoms with Gasteiger partial charge in [0.2, 0.25) is 0 Å². The van der Waals surface area contributed by atoms with Gasteiger partial charge in [-0.3, -0.25) is 9.36 Å². The third-order valence-electron chi connectivity index (χ3n) is 7.20. The predicted molar refractivity (Wildman–Crippen MR) is 181 cm³/mol. The summed E-state index contributed by atoms with van der Waals surface area (Å²) in [6.07, 6.45) is 1.64. The number of nitrogens with zero attached hydrogens (tertiary/aromatic N) is 2. The minimum absolute atomic E-state index is 0.0858. The molecule has 0 saturated carbocycles. The summed E-state index contributed by atoms with van der Waals surface area (Å²) >= 11 is 4.76. The van der Waals surface area contributed by atoms with E-state index in [1.807, 2.05) is 19.9 Å². The number of ether oxygens (including phenoxy) is 5. The lowest BCUT2D eigenvalue weighted by Gasteiger charge is -2.25. The summed E-state index contributed by atoms with van der Waals surface area (Å²) in [5, 5.41) is 0. The normalized spacial score (nSPS) is 14.5. The first-order chi connectivity index (χ1) is 22.5. The lowest BCUT2D eigenvalue weighted by molar-refractivity contribution is -0.139. The van der Waals surface area contributed by atoms with Crippen LogP contribution < -0.4 is 33.8 Å². The van der Waals surface area contributed by atoms with Crippen LogP contribution in [0.1, 0.15) is 50.4 Å². The molecule has 2 heterocycles. The maximum absolute atomic E-state index is 14.1. The Morgan fingerprint density at radius 3 is 2.53 bits per heavy atom. The third kappa shape index (κ3) is 7.28. The number of halogens is 2. The number of esters is 1. The number of carbonyl (C=O) groups is 1. The van der Waals surface area contributed by atoms with Crippen molar-refractivity contribution in [1.29, 1.82) is 0 Å². The highest BCUT2D eigenvalue weighted by Gasteiger charge is 2.34. The molecule has 246 valence electrons. The molecule has 3 aromatic carbocycles. The van der Waals surface area contributed by atoms with E-state index >= 15 is 0 Å². The van der Waals surface area contributed by atoms with E-state index in [1.54, 1.807) is 56.3 Å². The van der Waals surface area contributed by atoms with E-state index in [0.29, 0.717) is 59.2 Å². The van der Waals surface area contributed by atoms with Gasteiger partial charge in [-0.15, -0.1) is 0 Å². The second-order valence-corrected chi connectivity index (χ2v) is 12.7. The Bertz CT molecular complexity index is 2040. The Balaban J connectivity index is 1.60. The van der Waals surface area contributed by atoms with Crippen LogP contribution in [0.4, 0.5) is 4.39 Å². The summed E-state index contributed by atoms with van der Waals surface area (Å²) in [4.78, 5) is 32.5. The standard InChI is InChI=1S/C35H34BrFN2O7S/c1-7-44-34(41)30-20(4)38-35-39(31(30)23-11-12-26(46-19(2)3)27(17-23)42-5)33(40)29(47-35)16-22-14-25(36)32(28(15-22)43-6)45-18-21-9-8-10-24(37)13-21/h8-17,19,31H,7,18H2,1-6H3/b29-16-/t31-/m1/s1. The smallest absolute Gasteiger partial charge is 0.338 e. The molecule has 0 aliphatic carbocycles. The van der Waals surface area contributed by atoms with Crippen LogP contribution in [-0.2, 0) is 16.1 Å². The number of fused-ring (bicyclic) bond motifs is 1. The molecule has 12 heteroatoms. The summed E-state index contributed by atoms with van der Waals surface area (Å²) in [5.41, 5.74) is 2.33. The van der Waals surface area contributed by atoms with Gasteiger partial charge in [0.25, 0.3) is 5.56 Å². The molecule has 1 aromatic heterocycles. The molecular formula is C35H34BrFN2O7S. The van der Waals surface area contributed by atoms with Crippen molar-refractivity contribution in [3.8, 4) is 23.0 Å². The van der Waals surface area contributed by atoms with E-state index in [4.69, 9.17) is 23.7 Å². The van der Waals surface area contributed by atoms with E-state index in [9.17, 15) is 14.0 Å². The minimum Gasteiger partial charge on any atom is -0.493 e. The number of rotatable bonds is 11. The molecule has 5 rings (SSSR count). The summed E-state index contributed by atoms with van der Waals surface area (Å²) in [7, 11) is 3.05. The highest BCUT2D eigenvalue weighted by molar-refractivity contribution is 9.10. The van der Waals surface area contributed by atoms with Gasteiger partial charge in [-0.1, -0.05) is 29.5 Å². The molecule has 47 heavy (non-hydrogen) atoms. The number of aromatic nitrogens is 1. The number of methoxy groups -OCH3 is 2. The topological polar surface area (TPSA) is 97.6 Å². The zero-order valence-corrected chi connectivity index (χ0v) is 29.2. The van der Waals surface area contributed by atoms with Crippen LogP contribution in [0.25, 0.3) is 6.08 Å². The fraction of sp³-hybridized carbons (Fsp3) is 0.286. The van der Waals surface area contributed by atoms with Crippen LogP contribution >= 0.6 is 27.3 Å². The second-order valence-electron chi connectivity index (χ2n) is 10.8. The van der Waals surface area contributed by atoms with E-state index < -0.39 is 12.0 Å². The van der Waals surface area contributed by atoms with E-state index in [-0.39, 0.29) is 36.3 Å². The molecule has 0 radical (unpaired) electrons. The lowest BCUT2D eigenvalue weighted by atomic mass is 9.95. The minimum atomic E-state index is -0.825. The second kappa shape index (κ2) is 14.6. The molecule has 9 nitrogen and oxygen atoms in total. The molecule has 4 aromatic rings. The van der Waals surface area contributed by atoms with Crippen molar-refractivity contribution < 1.29 is 32.9 Å². The molecule has 0 unspecified atom stereocenters. The van der Waals surface area contributed by atoms with Crippen LogP contribution in [0, 0.1) is 5.82 Å². The van der Waals surface area contributed by atoms with Gasteiger partial charge in [-0.25, -0.2) is 14.2 Å². The first-order valence-electron chi connectivity index (χ1n) is 14.8. The van der Waals surface area contributed by atoms with Gasteiger partial charge in [0.1, 0.15) is 12.4 Å². The zero-order chi connectivity index (χ0) is 33.8. The van der Waals surface area contributed by atoms with Gasteiger partial charge in [0.15, 0.2) is 27.8 Å². The van der Waals surface area contributed by atoms with Crippen molar-refractivity contribution >= 4 is 39.3 Å². The summed E-state index contributed by atoms with van der Waals surface area (Å²) in [6.45, 7) is 7.57. The zero-order valence-electron chi connectivity index (χ0n) is 26.8. The quantitative estimate of drug-likeness (QED) is 0.173. The van der Waals surface area contributed by atoms with Crippen LogP contribution in [0.2, 0.25) is 0 Å². The predicted octanol–water partition coefficient (Wildman–Crippen LogP) is 6.08. The Hall–Kier alpha value is -4.42. The molecule has 1 aliphatic rings. The molecule has 0 N–H and O–H groups in total. The number of carbonyl (C=O) groups excluding carboxylic acids is 1. The lowest BCUT2D eigenvalue weighted by Crippen LogP contribution is -2.40. The van der Waals surface area contributed by atoms with Crippen molar-refractivity contribution in [2.75, 3.05) is 20.8 Å². The number of thiazole rings is 1. The Labute approximate surface area is 283 Å². The maximum Gasteiger partial charge on any atom is 0.338 e. The first kappa shape index (κ1) is 33.9. The van der Waals surface area contributed by atoms with Gasteiger partial charge < -0.3 is 23.7 Å². The molecule has 0 bridgehead atoms. The van der Waals surface area contributed by atoms with Crippen molar-refractivity contribution in [2.45, 2.75) is 46.4 Å². The highest BCUT2D eigenvalue weighted by Crippen LogP contribution is 2.38. The highest BCUT2D eigenvalue weighted by atomic mass is 79.9. The van der Waals surface area contributed by atoms with E-state index in [0.717, 1.165) is 0 Å². The maximum atomic E-state index is 14.1. The molecule has 1 aliphatic heterocycles. The number of benzene rings is 3. The fourth-order valence-corrected chi connectivity index (χ4v) is 6.83. The summed E-state index contributed by atoms with van der Waals surface area (Å²) < 4.78 is 44.7. The van der Waals surface area contributed by atoms with Gasteiger partial charge in [-0.2, -0.15) is 0 Å². The Kier molecular flexibility index (Phi) is 10.5. The molecule has 1 atom stereocenters. The summed E-state index contributed by atoms with van der Waals surface area (Å²) in [6, 6.07) is 14.2. The van der Waals surface area contributed by atoms with Crippen molar-refractivity contribution in [1.82, 2.24) is 4.57 Å². The number of hydrogen-bond donors (Lipinski definition) is 0. The fourth-order valence-electron chi connectivity index (χ4n) is 5.21. The number of allylic oxidation sites excluding steroid dienone is 1. The molecule has 0 spiro atoms. The van der Waals surface area contributed by atoms with Crippen molar-refractivity contribution in [2.24, 2.45) is 4.99 Å². The Morgan fingerprint density at radius 1 is 1.09 bits per heavy atom. The van der Waals surface area contributed by atoms with E-state index in [1.165, 1.54) is 42.3 Å². The van der Waals surface area contributed by atoms with Crippen LogP contribution in [-0.4, -0.2) is 37.5 Å². The van der Waals surface area contributed by atoms with Crippen molar-refractivity contribution in [3.05, 3.63) is 113 Å². The van der Waals surface area contributed by atoms with E-state index in [2.05, 4.69) is 20.9 Å². The monoisotopic (exact) mass is 724 g/mol. The third-order valence-corrected chi connectivity index (χ3v) is 8.78. The number of hydrogen-bond acceptors (Lipinski definition) is 9. The molecule has 0 amide bonds. The Morgan fingerprint density at radius 2 is 1.85 bits per heavy atom. The summed E-state index contributed by atoms with van der Waals surface area (Å²) in [5.74, 6) is 0.953. The SMILES string of the molecule is CCOC(=O)C1=C(C)N=c2s/c(=C\c3cc(Br)c(OCc4cccc(F)c4)c(OC)c3)c(=O)n2[C@@H]1c1ccc(OC(C)C)c(OC)c1. The van der Waals surface area contributed by atoms with Gasteiger partial charge in [0.05, 0.1) is 53.2 Å². The van der Waals surface area contributed by atoms with Crippen LogP contribution in [0.15, 0.2) is 80.1 Å². The van der Waals surface area contributed by atoms with Crippen LogP contribution in [0.3, 0.4) is 0 Å². The average molecular weight is 726 g/mol. The van der Waals surface area contributed by atoms with Crippen molar-refractivity contribution in [3.63, 3.8) is 0 Å². The van der Waals surface area contributed by atoms with Gasteiger partial charge in [0, 0.05) is 0 Å². The average Bonchev–Trinajstić information content (AvgIpc) is 3.33. The van der Waals surface area contributed by atoms with Gasteiger partial charge in [-0.05, 0) is 103 Å².